The van der Waals surface area contributed by atoms with E-state index in [1.54, 1.807) is 0 Å². The summed E-state index contributed by atoms with van der Waals surface area (Å²) in [6.07, 6.45) is 7.23. The van der Waals surface area contributed by atoms with Crippen molar-refractivity contribution in [2.24, 2.45) is 11.8 Å². The van der Waals surface area contributed by atoms with Crippen LogP contribution in [-0.2, 0) is 9.47 Å². The van der Waals surface area contributed by atoms with Gasteiger partial charge < -0.3 is 33.2 Å². The highest BCUT2D eigenvalue weighted by atomic mass is 16.5. The maximum Gasteiger partial charge on any atom is 0.227 e. The van der Waals surface area contributed by atoms with Gasteiger partial charge in [-0.2, -0.15) is 0 Å². The highest BCUT2D eigenvalue weighted by Gasteiger charge is 2.22. The number of oxazole rings is 1. The van der Waals surface area contributed by atoms with E-state index < -0.39 is 0 Å². The Hall–Kier alpha value is -2.69. The molecular weight excluding hydrogens is 604 g/mol. The zero-order valence-corrected chi connectivity index (χ0v) is 29.9. The van der Waals surface area contributed by atoms with E-state index in [1.165, 1.54) is 38.8 Å². The van der Waals surface area contributed by atoms with Crippen molar-refractivity contribution in [3.63, 3.8) is 0 Å². The van der Waals surface area contributed by atoms with Crippen LogP contribution in [0.25, 0.3) is 22.6 Å². The number of hydrogen-bond acceptors (Lipinski definition) is 9. The first-order valence-electron chi connectivity index (χ1n) is 18.7. The van der Waals surface area contributed by atoms with Gasteiger partial charge in [0.15, 0.2) is 5.58 Å². The molecule has 9 nitrogen and oxygen atoms in total. The van der Waals surface area contributed by atoms with Gasteiger partial charge in [-0.15, -0.1) is 0 Å². The Labute approximate surface area is 288 Å². The number of likely N-dealkylation sites (tertiary alicyclic amines) is 1. The molecule has 3 aromatic rings. The van der Waals surface area contributed by atoms with E-state index in [0.29, 0.717) is 12.5 Å². The van der Waals surface area contributed by atoms with Crippen LogP contribution in [0.4, 0.5) is 0 Å². The molecule has 48 heavy (non-hydrogen) atoms. The van der Waals surface area contributed by atoms with Gasteiger partial charge in [-0.3, -0.25) is 4.90 Å². The Kier molecular flexibility index (Phi) is 15.3. The molecule has 0 saturated carbocycles. The monoisotopic (exact) mass is 664 g/mol. The molecule has 9 heteroatoms. The molecule has 1 aromatic heterocycles. The lowest BCUT2D eigenvalue weighted by atomic mass is 9.85. The predicted octanol–water partition coefficient (Wildman–Crippen LogP) is 6.85. The number of rotatable bonds is 20. The molecule has 2 unspecified atom stereocenters. The Bertz CT molecular complexity index is 1310. The van der Waals surface area contributed by atoms with Gasteiger partial charge in [0.1, 0.15) is 17.0 Å². The van der Waals surface area contributed by atoms with Crippen molar-refractivity contribution >= 4 is 11.1 Å². The van der Waals surface area contributed by atoms with Gasteiger partial charge in [-0.25, -0.2) is 4.98 Å². The third kappa shape index (κ3) is 11.7. The normalized spacial score (nSPS) is 19.0. The summed E-state index contributed by atoms with van der Waals surface area (Å²) in [6.45, 7) is 21.3. The number of nitrogens with zero attached hydrogens (tertiary/aromatic N) is 4. The van der Waals surface area contributed by atoms with E-state index in [9.17, 15) is 0 Å². The van der Waals surface area contributed by atoms with Crippen molar-refractivity contribution in [3.8, 4) is 23.0 Å². The van der Waals surface area contributed by atoms with Crippen LogP contribution in [0.3, 0.4) is 0 Å². The summed E-state index contributed by atoms with van der Waals surface area (Å²) in [7, 11) is 0. The number of benzene rings is 2. The van der Waals surface area contributed by atoms with Crippen molar-refractivity contribution < 1.29 is 23.4 Å². The molecule has 0 amide bonds. The first kappa shape index (κ1) is 36.6. The molecular formula is C39H60N4O5. The van der Waals surface area contributed by atoms with Crippen LogP contribution in [0.15, 0.2) is 46.9 Å². The second-order valence-corrected chi connectivity index (χ2v) is 13.5. The molecule has 2 fully saturated rings. The molecule has 3 heterocycles. The Morgan fingerprint density at radius 1 is 0.729 bits per heavy atom. The molecule has 266 valence electrons. The Morgan fingerprint density at radius 2 is 1.38 bits per heavy atom. The topological polar surface area (TPSA) is 72.7 Å². The summed E-state index contributed by atoms with van der Waals surface area (Å²) < 4.78 is 29.4. The fourth-order valence-corrected chi connectivity index (χ4v) is 7.01. The van der Waals surface area contributed by atoms with E-state index >= 15 is 0 Å². The van der Waals surface area contributed by atoms with Gasteiger partial charge in [-0.05, 0) is 114 Å². The Balaban J connectivity index is 0.984. The summed E-state index contributed by atoms with van der Waals surface area (Å²) in [4.78, 5) is 12.3. The van der Waals surface area contributed by atoms with Crippen molar-refractivity contribution in [1.29, 1.82) is 0 Å². The van der Waals surface area contributed by atoms with Crippen molar-refractivity contribution in [2.75, 3.05) is 98.5 Å². The largest absolute Gasteiger partial charge is 0.494 e. The molecule has 2 saturated heterocycles. The van der Waals surface area contributed by atoms with Crippen LogP contribution >= 0.6 is 0 Å². The Morgan fingerprint density at radius 3 is 2.10 bits per heavy atom. The molecule has 5 rings (SSSR count). The van der Waals surface area contributed by atoms with Gasteiger partial charge in [-0.1, -0.05) is 6.92 Å². The lowest BCUT2D eigenvalue weighted by Crippen LogP contribution is -2.47. The third-order valence-corrected chi connectivity index (χ3v) is 10.1. The van der Waals surface area contributed by atoms with Gasteiger partial charge >= 0.3 is 0 Å². The summed E-state index contributed by atoms with van der Waals surface area (Å²) in [5, 5.41) is 0. The molecule has 0 spiro atoms. The van der Waals surface area contributed by atoms with E-state index in [0.717, 1.165) is 132 Å². The van der Waals surface area contributed by atoms with Crippen LogP contribution < -0.4 is 9.47 Å². The van der Waals surface area contributed by atoms with Gasteiger partial charge in [0.25, 0.3) is 0 Å². The highest BCUT2D eigenvalue weighted by molar-refractivity contribution is 5.77. The SMILES string of the molecule is CCOCCN1CCCC(C(C)CCCOc2ccc(-c3nc4ccc(OCCCN5CCN(CCOCC)CC5)cc4o3)cc2)CC1. The lowest BCUT2D eigenvalue weighted by molar-refractivity contribution is 0.0791. The minimum absolute atomic E-state index is 0.614. The minimum Gasteiger partial charge on any atom is -0.494 e. The number of aromatic nitrogens is 1. The molecule has 0 N–H and O–H groups in total. The summed E-state index contributed by atoms with van der Waals surface area (Å²) in [5.74, 6) is 3.87. The number of piperazine rings is 1. The summed E-state index contributed by atoms with van der Waals surface area (Å²) in [5.41, 5.74) is 2.52. The fourth-order valence-electron chi connectivity index (χ4n) is 7.01. The van der Waals surface area contributed by atoms with Crippen molar-refractivity contribution in [1.82, 2.24) is 19.7 Å². The maximum absolute atomic E-state index is 6.14. The molecule has 0 aliphatic carbocycles. The minimum atomic E-state index is 0.614. The number of fused-ring (bicyclic) bond motifs is 1. The highest BCUT2D eigenvalue weighted by Crippen LogP contribution is 2.30. The smallest absolute Gasteiger partial charge is 0.227 e. The average Bonchev–Trinajstić information content (AvgIpc) is 3.39. The molecule has 0 radical (unpaired) electrons. The molecule has 0 bridgehead atoms. The third-order valence-electron chi connectivity index (χ3n) is 10.1. The first-order valence-corrected chi connectivity index (χ1v) is 18.7. The molecule has 2 aromatic carbocycles. The van der Waals surface area contributed by atoms with Crippen LogP contribution in [0.1, 0.15) is 59.3 Å². The van der Waals surface area contributed by atoms with Gasteiger partial charge in [0.05, 0.1) is 26.4 Å². The van der Waals surface area contributed by atoms with Crippen LogP contribution in [0.5, 0.6) is 11.5 Å². The first-order chi connectivity index (χ1) is 23.6. The quantitative estimate of drug-likeness (QED) is 0.121. The number of ether oxygens (including phenoxy) is 4. The van der Waals surface area contributed by atoms with Gasteiger partial charge in [0, 0.05) is 70.7 Å². The van der Waals surface area contributed by atoms with Crippen LogP contribution in [-0.4, -0.2) is 118 Å². The standard InChI is InChI=1S/C39H60N4O5/c1-4-44-29-25-41-18-6-10-33(17-20-41)32(3)9-7-27-46-35-13-11-34(12-14-35)39-40-37-16-15-36(31-38(37)48-39)47-28-8-19-42-21-23-43(24-22-42)26-30-45-5-2/h11-16,31-33H,4-10,17-30H2,1-3H3. The predicted molar refractivity (Wildman–Crippen MR) is 193 cm³/mol. The zero-order chi connectivity index (χ0) is 33.4. The van der Waals surface area contributed by atoms with Crippen LogP contribution in [0, 0.1) is 11.8 Å². The summed E-state index contributed by atoms with van der Waals surface area (Å²) >= 11 is 0. The van der Waals surface area contributed by atoms with E-state index in [2.05, 4.69) is 35.5 Å². The summed E-state index contributed by atoms with van der Waals surface area (Å²) in [6, 6.07) is 14.0. The maximum atomic E-state index is 6.14. The molecule has 2 atom stereocenters. The van der Waals surface area contributed by atoms with E-state index in [4.69, 9.17) is 28.3 Å². The van der Waals surface area contributed by atoms with E-state index in [1.807, 2.05) is 42.5 Å². The molecule has 2 aliphatic rings. The molecule has 2 aliphatic heterocycles. The van der Waals surface area contributed by atoms with Crippen LogP contribution in [0.2, 0.25) is 0 Å². The fraction of sp³-hybridized carbons (Fsp3) is 0.667. The second kappa shape index (κ2) is 20.1. The van der Waals surface area contributed by atoms with Crippen molar-refractivity contribution in [3.05, 3.63) is 42.5 Å². The zero-order valence-electron chi connectivity index (χ0n) is 29.9. The number of hydrogen-bond donors (Lipinski definition) is 0. The van der Waals surface area contributed by atoms with Gasteiger partial charge in [0.2, 0.25) is 5.89 Å². The average molecular weight is 665 g/mol. The second-order valence-electron chi connectivity index (χ2n) is 13.5. The van der Waals surface area contributed by atoms with Crippen molar-refractivity contribution in [2.45, 2.75) is 59.3 Å². The lowest BCUT2D eigenvalue weighted by Gasteiger charge is -2.34. The van der Waals surface area contributed by atoms with E-state index in [-0.39, 0.29) is 0 Å².